The highest BCUT2D eigenvalue weighted by Gasteiger charge is 2.38. The second-order valence-electron chi connectivity index (χ2n) is 5.87. The van der Waals surface area contributed by atoms with Crippen LogP contribution in [0, 0.1) is 0 Å². The van der Waals surface area contributed by atoms with E-state index in [0.29, 0.717) is 40.6 Å². The zero-order valence-electron chi connectivity index (χ0n) is 14.6. The van der Waals surface area contributed by atoms with Crippen LogP contribution >= 0.6 is 11.6 Å². The maximum Gasteiger partial charge on any atom is 0.278 e. The van der Waals surface area contributed by atoms with Gasteiger partial charge in [0.05, 0.1) is 12.7 Å². The first-order valence-corrected chi connectivity index (χ1v) is 8.70. The summed E-state index contributed by atoms with van der Waals surface area (Å²) in [6.07, 6.45) is 0.696. The minimum Gasteiger partial charge on any atom is -0.497 e. The number of imide groups is 1. The number of benzene rings is 2. The summed E-state index contributed by atoms with van der Waals surface area (Å²) in [5.74, 6) is 0.0942. The highest BCUT2D eigenvalue weighted by atomic mass is 35.5. The van der Waals surface area contributed by atoms with Crippen molar-refractivity contribution in [2.75, 3.05) is 19.0 Å². The van der Waals surface area contributed by atoms with Crippen LogP contribution in [0.1, 0.15) is 18.9 Å². The van der Waals surface area contributed by atoms with Crippen molar-refractivity contribution in [1.29, 1.82) is 0 Å². The van der Waals surface area contributed by atoms with Gasteiger partial charge < -0.3 is 10.1 Å². The van der Waals surface area contributed by atoms with Gasteiger partial charge in [0.25, 0.3) is 11.8 Å². The zero-order chi connectivity index (χ0) is 18.7. The predicted molar refractivity (Wildman–Crippen MR) is 102 cm³/mol. The van der Waals surface area contributed by atoms with E-state index in [1.54, 1.807) is 55.6 Å². The molecular weight excluding hydrogens is 352 g/mol. The van der Waals surface area contributed by atoms with Crippen LogP contribution in [0.5, 0.6) is 5.75 Å². The Labute approximate surface area is 157 Å². The van der Waals surface area contributed by atoms with Gasteiger partial charge in [-0.25, -0.2) is 0 Å². The fourth-order valence-corrected chi connectivity index (χ4v) is 2.95. The second-order valence-corrected chi connectivity index (χ2v) is 6.31. The number of hydrogen-bond donors (Lipinski definition) is 1. The van der Waals surface area contributed by atoms with Gasteiger partial charge in [0, 0.05) is 17.3 Å². The molecule has 2 aromatic rings. The molecule has 0 atom stereocenters. The number of methoxy groups -OCH3 is 1. The molecule has 26 heavy (non-hydrogen) atoms. The first-order valence-electron chi connectivity index (χ1n) is 8.32. The molecule has 0 unspecified atom stereocenters. The molecule has 6 heteroatoms. The Hall–Kier alpha value is -2.79. The maximum atomic E-state index is 12.8. The third-order valence-electron chi connectivity index (χ3n) is 4.11. The van der Waals surface area contributed by atoms with E-state index in [-0.39, 0.29) is 17.5 Å². The summed E-state index contributed by atoms with van der Waals surface area (Å²) in [6, 6.07) is 14.1. The molecule has 5 nitrogen and oxygen atoms in total. The fraction of sp³-hybridized carbons (Fsp3) is 0.200. The molecule has 0 aliphatic carbocycles. The van der Waals surface area contributed by atoms with E-state index in [0.717, 1.165) is 0 Å². The van der Waals surface area contributed by atoms with E-state index >= 15 is 0 Å². The number of amides is 2. The number of halogens is 1. The van der Waals surface area contributed by atoms with Crippen molar-refractivity contribution in [1.82, 2.24) is 4.90 Å². The Morgan fingerprint density at radius 3 is 2.23 bits per heavy atom. The largest absolute Gasteiger partial charge is 0.497 e. The molecule has 0 saturated carbocycles. The van der Waals surface area contributed by atoms with Crippen LogP contribution in [0.3, 0.4) is 0 Å². The summed E-state index contributed by atoms with van der Waals surface area (Å²) >= 11 is 5.95. The third kappa shape index (κ3) is 3.44. The molecule has 2 amide bonds. The Balaban J connectivity index is 2.02. The lowest BCUT2D eigenvalue weighted by Gasteiger charge is -2.13. The van der Waals surface area contributed by atoms with Crippen LogP contribution in [0.25, 0.3) is 5.57 Å². The standard InChI is InChI=1S/C20H19ClN2O3/c1-3-12-23-19(24)17(13-4-6-14(21)7-5-13)18(20(23)25)22-15-8-10-16(26-2)11-9-15/h4-11,22H,3,12H2,1-2H3. The summed E-state index contributed by atoms with van der Waals surface area (Å²) < 4.78 is 5.15. The van der Waals surface area contributed by atoms with Crippen LogP contribution in [0.4, 0.5) is 5.69 Å². The smallest absolute Gasteiger partial charge is 0.278 e. The second kappa shape index (κ2) is 7.62. The predicted octanol–water partition coefficient (Wildman–Crippen LogP) is 3.95. The maximum absolute atomic E-state index is 12.8. The molecular formula is C20H19ClN2O3. The average molecular weight is 371 g/mol. The van der Waals surface area contributed by atoms with Crippen molar-refractivity contribution in [2.24, 2.45) is 0 Å². The van der Waals surface area contributed by atoms with Crippen molar-refractivity contribution >= 4 is 34.7 Å². The minimum absolute atomic E-state index is 0.274. The number of carbonyl (C=O) groups excluding carboxylic acids is 2. The number of rotatable bonds is 6. The Kier molecular flexibility index (Phi) is 5.28. The van der Waals surface area contributed by atoms with E-state index in [1.807, 2.05) is 6.92 Å². The van der Waals surface area contributed by atoms with Crippen molar-refractivity contribution in [3.05, 3.63) is 64.8 Å². The van der Waals surface area contributed by atoms with Gasteiger partial charge in [-0.2, -0.15) is 0 Å². The minimum atomic E-state index is -0.322. The molecule has 0 spiro atoms. The van der Waals surface area contributed by atoms with Crippen molar-refractivity contribution in [3.63, 3.8) is 0 Å². The lowest BCUT2D eigenvalue weighted by Crippen LogP contribution is -2.33. The van der Waals surface area contributed by atoms with E-state index in [2.05, 4.69) is 5.32 Å². The van der Waals surface area contributed by atoms with Gasteiger partial charge in [0.2, 0.25) is 0 Å². The lowest BCUT2D eigenvalue weighted by atomic mass is 10.0. The number of hydrogen-bond acceptors (Lipinski definition) is 4. The molecule has 2 aromatic carbocycles. The molecule has 0 fully saturated rings. The first-order chi connectivity index (χ1) is 12.5. The molecule has 1 heterocycles. The molecule has 1 N–H and O–H groups in total. The highest BCUT2D eigenvalue weighted by Crippen LogP contribution is 2.31. The monoisotopic (exact) mass is 370 g/mol. The first kappa shape index (κ1) is 18.0. The zero-order valence-corrected chi connectivity index (χ0v) is 15.3. The molecule has 3 rings (SSSR count). The van der Waals surface area contributed by atoms with Gasteiger partial charge in [0.15, 0.2) is 0 Å². The molecule has 0 aromatic heterocycles. The van der Waals surface area contributed by atoms with Gasteiger partial charge in [-0.05, 0) is 48.4 Å². The summed E-state index contributed by atoms with van der Waals surface area (Å²) in [7, 11) is 1.59. The quantitative estimate of drug-likeness (QED) is 0.782. The average Bonchev–Trinajstić information content (AvgIpc) is 2.88. The Morgan fingerprint density at radius 2 is 1.65 bits per heavy atom. The molecule has 1 aliphatic heterocycles. The summed E-state index contributed by atoms with van der Waals surface area (Å²) in [4.78, 5) is 26.9. The van der Waals surface area contributed by atoms with Crippen LogP contribution in [-0.2, 0) is 9.59 Å². The van der Waals surface area contributed by atoms with Crippen LogP contribution in [0.2, 0.25) is 5.02 Å². The highest BCUT2D eigenvalue weighted by molar-refractivity contribution is 6.36. The lowest BCUT2D eigenvalue weighted by molar-refractivity contribution is -0.136. The Bertz CT molecular complexity index is 858. The summed E-state index contributed by atoms with van der Waals surface area (Å²) in [5, 5.41) is 3.67. The van der Waals surface area contributed by atoms with Gasteiger partial charge in [0.1, 0.15) is 11.4 Å². The van der Waals surface area contributed by atoms with E-state index in [4.69, 9.17) is 16.3 Å². The normalized spacial score (nSPS) is 14.2. The Morgan fingerprint density at radius 1 is 1.00 bits per heavy atom. The summed E-state index contributed by atoms with van der Waals surface area (Å²) in [5.41, 5.74) is 1.99. The van der Waals surface area contributed by atoms with Gasteiger partial charge in [-0.1, -0.05) is 30.7 Å². The molecule has 0 bridgehead atoms. The molecule has 0 radical (unpaired) electrons. The van der Waals surface area contributed by atoms with Crippen LogP contribution < -0.4 is 10.1 Å². The number of carbonyl (C=O) groups is 2. The van der Waals surface area contributed by atoms with Gasteiger partial charge >= 0.3 is 0 Å². The number of anilines is 1. The van der Waals surface area contributed by atoms with Crippen molar-refractivity contribution < 1.29 is 14.3 Å². The third-order valence-corrected chi connectivity index (χ3v) is 4.36. The molecule has 134 valence electrons. The van der Waals surface area contributed by atoms with Crippen LogP contribution in [0.15, 0.2) is 54.2 Å². The van der Waals surface area contributed by atoms with Gasteiger partial charge in [-0.15, -0.1) is 0 Å². The van der Waals surface area contributed by atoms with E-state index < -0.39 is 0 Å². The van der Waals surface area contributed by atoms with Crippen LogP contribution in [-0.4, -0.2) is 30.4 Å². The number of nitrogens with one attached hydrogen (secondary N) is 1. The van der Waals surface area contributed by atoms with Crippen molar-refractivity contribution in [3.8, 4) is 5.75 Å². The van der Waals surface area contributed by atoms with Crippen molar-refractivity contribution in [2.45, 2.75) is 13.3 Å². The molecule has 1 aliphatic rings. The van der Waals surface area contributed by atoms with E-state index in [9.17, 15) is 9.59 Å². The van der Waals surface area contributed by atoms with Gasteiger partial charge in [-0.3, -0.25) is 14.5 Å². The molecule has 0 saturated heterocycles. The number of ether oxygens (including phenoxy) is 1. The SMILES string of the molecule is CCCN1C(=O)C(Nc2ccc(OC)cc2)=C(c2ccc(Cl)cc2)C1=O. The number of nitrogens with zero attached hydrogens (tertiary/aromatic N) is 1. The summed E-state index contributed by atoms with van der Waals surface area (Å²) in [6.45, 7) is 2.31. The fourth-order valence-electron chi connectivity index (χ4n) is 2.82. The topological polar surface area (TPSA) is 58.6 Å². The van der Waals surface area contributed by atoms with E-state index in [1.165, 1.54) is 4.90 Å².